The second-order valence-electron chi connectivity index (χ2n) is 13.1. The van der Waals surface area contributed by atoms with E-state index in [1.54, 1.807) is 6.20 Å². The first kappa shape index (κ1) is 29.4. The van der Waals surface area contributed by atoms with Gasteiger partial charge in [0.1, 0.15) is 15.8 Å². The third-order valence-electron chi connectivity index (χ3n) is 7.44. The fraction of sp³-hybridized carbons (Fsp3) is 0.548. The van der Waals surface area contributed by atoms with Crippen LogP contribution in [0.15, 0.2) is 47.2 Å². The van der Waals surface area contributed by atoms with Crippen molar-refractivity contribution >= 4 is 45.1 Å². The Morgan fingerprint density at radius 1 is 0.976 bits per heavy atom. The van der Waals surface area contributed by atoms with Crippen molar-refractivity contribution in [1.29, 1.82) is 0 Å². The molecule has 0 radical (unpaired) electrons. The molecule has 0 spiro atoms. The molecule has 220 valence electrons. The smallest absolute Gasteiger partial charge is 0.420 e. The van der Waals surface area contributed by atoms with Gasteiger partial charge >= 0.3 is 12.2 Å². The van der Waals surface area contributed by atoms with Gasteiger partial charge < -0.3 is 19.3 Å². The molecule has 1 amide bonds. The molecule has 3 aromatic rings. The minimum Gasteiger partial charge on any atom is -0.444 e. The first-order valence-electron chi connectivity index (χ1n) is 14.4. The van der Waals surface area contributed by atoms with Gasteiger partial charge in [-0.15, -0.1) is 0 Å². The number of hydrogen-bond acceptors (Lipinski definition) is 7. The van der Waals surface area contributed by atoms with Crippen molar-refractivity contribution in [1.82, 2.24) is 19.4 Å². The topological polar surface area (TPSA) is 89.8 Å². The van der Waals surface area contributed by atoms with Crippen LogP contribution in [-0.2, 0) is 9.47 Å². The van der Waals surface area contributed by atoms with E-state index in [1.807, 2.05) is 58.6 Å². The molecule has 9 nitrogen and oxygen atoms in total. The molecule has 10 heteroatoms. The number of fused-ring (bicyclic) bond motifs is 1. The third kappa shape index (κ3) is 7.02. The molecule has 1 aliphatic carbocycles. The number of carbonyl (C=O) groups excluding carboxylic acids is 2. The second-order valence-corrected chi connectivity index (χ2v) is 13.9. The van der Waals surface area contributed by atoms with E-state index in [9.17, 15) is 9.59 Å². The number of piperidine rings is 1. The zero-order valence-electron chi connectivity index (χ0n) is 24.8. The molecule has 5 rings (SSSR count). The van der Waals surface area contributed by atoms with Crippen molar-refractivity contribution in [3.8, 4) is 0 Å². The average molecular weight is 627 g/mol. The summed E-state index contributed by atoms with van der Waals surface area (Å²) in [5.74, 6) is 1.26. The van der Waals surface area contributed by atoms with Crippen molar-refractivity contribution in [2.24, 2.45) is 5.92 Å². The molecular formula is C31H40BrN5O4. The van der Waals surface area contributed by atoms with Crippen LogP contribution in [0, 0.1) is 5.92 Å². The lowest BCUT2D eigenvalue weighted by atomic mass is 9.96. The Bertz CT molecular complexity index is 1400. The zero-order valence-corrected chi connectivity index (χ0v) is 26.3. The number of aromatic nitrogens is 3. The van der Waals surface area contributed by atoms with Crippen LogP contribution in [0.3, 0.4) is 0 Å². The highest BCUT2D eigenvalue weighted by Gasteiger charge is 2.46. The van der Waals surface area contributed by atoms with Crippen molar-refractivity contribution in [3.63, 3.8) is 0 Å². The van der Waals surface area contributed by atoms with E-state index in [0.717, 1.165) is 37.7 Å². The van der Waals surface area contributed by atoms with Gasteiger partial charge in [-0.05, 0) is 94.3 Å². The van der Waals surface area contributed by atoms with Gasteiger partial charge in [-0.3, -0.25) is 0 Å². The van der Waals surface area contributed by atoms with Crippen LogP contribution in [0.4, 0.5) is 15.5 Å². The molecule has 3 heterocycles. The molecule has 1 aliphatic heterocycles. The highest BCUT2D eigenvalue weighted by Crippen LogP contribution is 2.45. The largest absolute Gasteiger partial charge is 0.444 e. The lowest BCUT2D eigenvalue weighted by Crippen LogP contribution is -2.44. The van der Waals surface area contributed by atoms with Crippen LogP contribution >= 0.6 is 15.9 Å². The monoisotopic (exact) mass is 625 g/mol. The zero-order chi connectivity index (χ0) is 29.5. The highest BCUT2D eigenvalue weighted by molar-refractivity contribution is 9.10. The Morgan fingerprint density at radius 3 is 2.27 bits per heavy atom. The normalized spacial score (nSPS) is 19.7. The van der Waals surface area contributed by atoms with E-state index in [4.69, 9.17) is 14.5 Å². The van der Waals surface area contributed by atoms with Gasteiger partial charge in [-0.25, -0.2) is 19.1 Å². The minimum atomic E-state index is -0.614. The van der Waals surface area contributed by atoms with Gasteiger partial charge in [0.2, 0.25) is 5.95 Å². The van der Waals surface area contributed by atoms with E-state index < -0.39 is 17.3 Å². The number of carbonyl (C=O) groups is 2. The molecule has 2 atom stereocenters. The fourth-order valence-corrected chi connectivity index (χ4v) is 5.88. The van der Waals surface area contributed by atoms with Crippen LogP contribution in [0.25, 0.3) is 11.0 Å². The molecule has 2 aliphatic rings. The first-order chi connectivity index (χ1) is 19.3. The summed E-state index contributed by atoms with van der Waals surface area (Å²) in [7, 11) is 0. The molecule has 2 aromatic heterocycles. The fourth-order valence-electron chi connectivity index (χ4n) is 5.41. The van der Waals surface area contributed by atoms with E-state index in [-0.39, 0.29) is 12.1 Å². The summed E-state index contributed by atoms with van der Waals surface area (Å²) in [6.07, 6.45) is 3.71. The van der Waals surface area contributed by atoms with Crippen molar-refractivity contribution < 1.29 is 19.1 Å². The van der Waals surface area contributed by atoms with Crippen LogP contribution in [-0.4, -0.2) is 68.5 Å². The molecule has 1 saturated carbocycles. The Balaban J connectivity index is 1.27. The first-order valence-corrected chi connectivity index (χ1v) is 15.2. The summed E-state index contributed by atoms with van der Waals surface area (Å²) < 4.78 is 13.5. The number of halogens is 1. The van der Waals surface area contributed by atoms with Gasteiger partial charge in [0.15, 0.2) is 5.65 Å². The lowest BCUT2D eigenvalue weighted by molar-refractivity contribution is 0.0190. The van der Waals surface area contributed by atoms with E-state index >= 15 is 0 Å². The Kier molecular flexibility index (Phi) is 8.07. The number of hydrogen-bond donors (Lipinski definition) is 0. The predicted octanol–water partition coefficient (Wildman–Crippen LogP) is 6.99. The summed E-state index contributed by atoms with van der Waals surface area (Å²) in [6, 6.07) is 12.4. The number of anilines is 1. The number of nitrogens with zero attached hydrogens (tertiary/aromatic N) is 5. The number of ether oxygens (including phenoxy) is 2. The van der Waals surface area contributed by atoms with Crippen molar-refractivity contribution in [3.05, 3.63) is 52.8 Å². The van der Waals surface area contributed by atoms with Gasteiger partial charge in [0, 0.05) is 37.8 Å². The third-order valence-corrected chi connectivity index (χ3v) is 8.05. The molecular weight excluding hydrogens is 586 g/mol. The lowest BCUT2D eigenvalue weighted by Gasteiger charge is -2.36. The number of amides is 1. The molecule has 2 unspecified atom stereocenters. The molecule has 1 aromatic carbocycles. The van der Waals surface area contributed by atoms with Gasteiger partial charge in [-0.2, -0.15) is 4.98 Å². The molecule has 0 N–H and O–H groups in total. The summed E-state index contributed by atoms with van der Waals surface area (Å²) in [5.41, 5.74) is 0.623. The van der Waals surface area contributed by atoms with Gasteiger partial charge in [0.25, 0.3) is 0 Å². The summed E-state index contributed by atoms with van der Waals surface area (Å²) >= 11 is 3.57. The maximum atomic E-state index is 13.3. The number of rotatable bonds is 5. The highest BCUT2D eigenvalue weighted by atomic mass is 79.9. The van der Waals surface area contributed by atoms with E-state index in [0.29, 0.717) is 34.6 Å². The van der Waals surface area contributed by atoms with Gasteiger partial charge in [-0.1, -0.05) is 30.3 Å². The molecule has 0 bridgehead atoms. The van der Waals surface area contributed by atoms with Gasteiger partial charge in [0.05, 0.1) is 5.39 Å². The summed E-state index contributed by atoms with van der Waals surface area (Å²) in [6.45, 7) is 13.4. The Labute approximate surface area is 250 Å². The molecule has 1 saturated heterocycles. The quantitative estimate of drug-likeness (QED) is 0.282. The van der Waals surface area contributed by atoms with Crippen molar-refractivity contribution in [2.75, 3.05) is 24.5 Å². The maximum Gasteiger partial charge on any atom is 0.420 e. The second kappa shape index (κ2) is 11.3. The molecule has 2 fully saturated rings. The van der Waals surface area contributed by atoms with E-state index in [1.165, 1.54) is 10.1 Å². The average Bonchev–Trinajstić information content (AvgIpc) is 3.55. The minimum absolute atomic E-state index is 0.160. The Hall–Kier alpha value is -3.14. The van der Waals surface area contributed by atoms with E-state index in [2.05, 4.69) is 50.1 Å². The summed E-state index contributed by atoms with van der Waals surface area (Å²) in [4.78, 5) is 39.7. The summed E-state index contributed by atoms with van der Waals surface area (Å²) in [5, 5.41) is 0.750. The SMILES string of the molecule is CC(C)(C)OC(=O)N(CC1CCN(c2nc(Br)c3ccn(C(=O)OC(C)(C)C)c3n2)CC1)C1CC1c1ccccc1. The van der Waals surface area contributed by atoms with Crippen LogP contribution < -0.4 is 4.90 Å². The van der Waals surface area contributed by atoms with Crippen LogP contribution in [0.5, 0.6) is 0 Å². The number of benzene rings is 1. The standard InChI is InChI=1S/C31H40BrN5O4/c1-30(2,3)40-28(38)36-17-14-22-25(32)33-27(34-26(22)36)35-15-12-20(13-16-35)19-37(29(39)41-31(4,5)6)24-18-23(24)21-10-8-7-9-11-21/h7-11,14,17,20,23-24H,12-13,15-16,18-19H2,1-6H3. The van der Waals surface area contributed by atoms with Crippen molar-refractivity contribution in [2.45, 2.75) is 84.0 Å². The molecule has 41 heavy (non-hydrogen) atoms. The predicted molar refractivity (Wildman–Crippen MR) is 162 cm³/mol. The van der Waals surface area contributed by atoms with Crippen LogP contribution in [0.1, 0.15) is 72.3 Å². The van der Waals surface area contributed by atoms with Crippen LogP contribution in [0.2, 0.25) is 0 Å². The maximum absolute atomic E-state index is 13.3. The Morgan fingerprint density at radius 2 is 1.63 bits per heavy atom.